The van der Waals surface area contributed by atoms with Gasteiger partial charge in [0.2, 0.25) is 0 Å². The molecule has 0 N–H and O–H groups in total. The molecule has 0 saturated heterocycles. The summed E-state index contributed by atoms with van der Waals surface area (Å²) in [6, 6.07) is 0. The molecule has 0 amide bonds. The Morgan fingerprint density at radius 2 is 2.12 bits per heavy atom. The maximum Gasteiger partial charge on any atom is 0.157 e. The quantitative estimate of drug-likeness (QED) is 0.663. The summed E-state index contributed by atoms with van der Waals surface area (Å²) in [5.74, 6) is 0. The number of aromatic nitrogens is 3. The molecule has 0 radical (unpaired) electrons. The fourth-order valence-corrected chi connectivity index (χ4v) is 0.970. The summed E-state index contributed by atoms with van der Waals surface area (Å²) >= 11 is 4.34. The number of halogens is 2. The molecule has 0 spiro atoms. The SMILES string of the molecule is Cn1nnc(I)c1I. The van der Waals surface area contributed by atoms with Crippen molar-refractivity contribution in [1.82, 2.24) is 15.0 Å². The molecule has 1 heterocycles. The third kappa shape index (κ3) is 1.12. The van der Waals surface area contributed by atoms with Crippen molar-refractivity contribution < 1.29 is 0 Å². The second-order valence-electron chi connectivity index (χ2n) is 1.29. The van der Waals surface area contributed by atoms with Crippen LogP contribution in [-0.2, 0) is 7.05 Å². The molecule has 5 heteroatoms. The van der Waals surface area contributed by atoms with Crippen LogP contribution in [0.1, 0.15) is 0 Å². The van der Waals surface area contributed by atoms with Crippen LogP contribution in [0.25, 0.3) is 0 Å². The van der Waals surface area contributed by atoms with Crippen molar-refractivity contribution in [2.45, 2.75) is 0 Å². The van der Waals surface area contributed by atoms with Crippen molar-refractivity contribution in [3.63, 3.8) is 0 Å². The second kappa shape index (κ2) is 2.46. The van der Waals surface area contributed by atoms with Gasteiger partial charge in [-0.1, -0.05) is 5.21 Å². The predicted molar refractivity (Wildman–Crippen MR) is 46.4 cm³/mol. The number of hydrogen-bond donors (Lipinski definition) is 0. The number of aryl methyl sites for hydroxylation is 1. The van der Waals surface area contributed by atoms with Gasteiger partial charge in [0.15, 0.2) is 3.70 Å². The molecular formula is C3H3I2N3. The highest BCUT2D eigenvalue weighted by atomic mass is 127. The molecule has 0 bridgehead atoms. The Bertz CT molecular complexity index is 175. The minimum absolute atomic E-state index is 0.964. The highest BCUT2D eigenvalue weighted by Crippen LogP contribution is 2.08. The first kappa shape index (κ1) is 6.72. The van der Waals surface area contributed by atoms with Gasteiger partial charge in [-0.15, -0.1) is 5.10 Å². The number of rotatable bonds is 0. The lowest BCUT2D eigenvalue weighted by atomic mass is 10.9. The highest BCUT2D eigenvalue weighted by molar-refractivity contribution is 14.1. The first-order valence-corrected chi connectivity index (χ1v) is 4.08. The van der Waals surface area contributed by atoms with Gasteiger partial charge in [0, 0.05) is 7.05 Å². The smallest absolute Gasteiger partial charge is 0.157 e. The molecule has 0 atom stereocenters. The number of nitrogens with zero attached hydrogens (tertiary/aromatic N) is 3. The Balaban J connectivity index is 3.19. The van der Waals surface area contributed by atoms with E-state index < -0.39 is 0 Å². The van der Waals surface area contributed by atoms with E-state index in [0.29, 0.717) is 0 Å². The van der Waals surface area contributed by atoms with Crippen LogP contribution in [0.5, 0.6) is 0 Å². The van der Waals surface area contributed by atoms with Crippen LogP contribution in [0.3, 0.4) is 0 Å². The Hall–Kier alpha value is 0.600. The molecular weight excluding hydrogens is 332 g/mol. The fraction of sp³-hybridized carbons (Fsp3) is 0.333. The van der Waals surface area contributed by atoms with E-state index in [9.17, 15) is 0 Å². The zero-order valence-corrected chi connectivity index (χ0v) is 8.41. The fourth-order valence-electron chi connectivity index (χ4n) is 0.320. The van der Waals surface area contributed by atoms with Gasteiger partial charge in [0.05, 0.1) is 0 Å². The van der Waals surface area contributed by atoms with Crippen LogP contribution >= 0.6 is 45.2 Å². The van der Waals surface area contributed by atoms with Gasteiger partial charge in [0.25, 0.3) is 0 Å². The van der Waals surface area contributed by atoms with Crippen molar-refractivity contribution in [3.8, 4) is 0 Å². The molecule has 1 aromatic rings. The summed E-state index contributed by atoms with van der Waals surface area (Å²) in [7, 11) is 1.87. The molecule has 0 aliphatic rings. The predicted octanol–water partition coefficient (Wildman–Crippen LogP) is 1.02. The van der Waals surface area contributed by atoms with Crippen molar-refractivity contribution >= 4 is 45.2 Å². The van der Waals surface area contributed by atoms with Gasteiger partial charge < -0.3 is 0 Å². The Morgan fingerprint density at radius 1 is 1.50 bits per heavy atom. The molecule has 0 aliphatic carbocycles. The van der Waals surface area contributed by atoms with Gasteiger partial charge >= 0.3 is 0 Å². The van der Waals surface area contributed by atoms with E-state index in [1.807, 2.05) is 7.05 Å². The minimum Gasteiger partial charge on any atom is -0.241 e. The van der Waals surface area contributed by atoms with Gasteiger partial charge in [-0.05, 0) is 45.2 Å². The van der Waals surface area contributed by atoms with E-state index >= 15 is 0 Å². The van der Waals surface area contributed by atoms with Gasteiger partial charge in [0.1, 0.15) is 3.70 Å². The normalized spacial score (nSPS) is 9.88. The zero-order valence-electron chi connectivity index (χ0n) is 4.10. The summed E-state index contributed by atoms with van der Waals surface area (Å²) in [4.78, 5) is 0. The van der Waals surface area contributed by atoms with Crippen molar-refractivity contribution in [2.75, 3.05) is 0 Å². The molecule has 1 aromatic heterocycles. The van der Waals surface area contributed by atoms with Crippen LogP contribution in [0.2, 0.25) is 0 Å². The number of hydrogen-bond acceptors (Lipinski definition) is 2. The lowest BCUT2D eigenvalue weighted by Crippen LogP contribution is -1.92. The molecule has 0 aliphatic heterocycles. The summed E-state index contributed by atoms with van der Waals surface area (Å²) in [5, 5.41) is 7.58. The summed E-state index contributed by atoms with van der Waals surface area (Å²) in [6.07, 6.45) is 0. The molecule has 0 saturated carbocycles. The molecule has 0 unspecified atom stereocenters. The average molecular weight is 335 g/mol. The first-order valence-electron chi connectivity index (χ1n) is 1.92. The highest BCUT2D eigenvalue weighted by Gasteiger charge is 2.00. The van der Waals surface area contributed by atoms with E-state index in [1.54, 1.807) is 4.68 Å². The molecule has 8 heavy (non-hydrogen) atoms. The Morgan fingerprint density at radius 3 is 2.25 bits per heavy atom. The minimum atomic E-state index is 0.964. The van der Waals surface area contributed by atoms with Crippen molar-refractivity contribution in [3.05, 3.63) is 7.40 Å². The van der Waals surface area contributed by atoms with Crippen LogP contribution < -0.4 is 0 Å². The Labute approximate surface area is 74.1 Å². The molecule has 1 rings (SSSR count). The maximum absolute atomic E-state index is 3.81. The van der Waals surface area contributed by atoms with Gasteiger partial charge in [-0.25, -0.2) is 4.68 Å². The lowest BCUT2D eigenvalue weighted by molar-refractivity contribution is 0.701. The first-order chi connectivity index (χ1) is 3.72. The molecule has 0 aromatic carbocycles. The second-order valence-corrected chi connectivity index (χ2v) is 3.34. The van der Waals surface area contributed by atoms with Gasteiger partial charge in [-0.3, -0.25) is 0 Å². The molecule has 0 fully saturated rings. The standard InChI is InChI=1S/C3H3I2N3/c1-8-3(5)2(4)6-7-8/h1H3. The zero-order chi connectivity index (χ0) is 6.15. The lowest BCUT2D eigenvalue weighted by Gasteiger charge is -1.84. The maximum atomic E-state index is 3.81. The van der Waals surface area contributed by atoms with E-state index in [4.69, 9.17) is 0 Å². The third-order valence-corrected chi connectivity index (χ3v) is 3.69. The van der Waals surface area contributed by atoms with Crippen LogP contribution in [0.15, 0.2) is 0 Å². The van der Waals surface area contributed by atoms with Crippen LogP contribution in [0.4, 0.5) is 0 Å². The van der Waals surface area contributed by atoms with Crippen LogP contribution in [0, 0.1) is 7.40 Å². The molecule has 44 valence electrons. The summed E-state index contributed by atoms with van der Waals surface area (Å²) in [6.45, 7) is 0. The molecule has 3 nitrogen and oxygen atoms in total. The van der Waals surface area contributed by atoms with E-state index in [1.165, 1.54) is 0 Å². The van der Waals surface area contributed by atoms with E-state index in [-0.39, 0.29) is 0 Å². The third-order valence-electron chi connectivity index (χ3n) is 0.721. The van der Waals surface area contributed by atoms with Crippen molar-refractivity contribution in [2.24, 2.45) is 7.05 Å². The summed E-state index contributed by atoms with van der Waals surface area (Å²) < 4.78 is 3.79. The van der Waals surface area contributed by atoms with Crippen LogP contribution in [-0.4, -0.2) is 15.0 Å². The topological polar surface area (TPSA) is 30.7 Å². The van der Waals surface area contributed by atoms with Gasteiger partial charge in [-0.2, -0.15) is 0 Å². The van der Waals surface area contributed by atoms with E-state index in [2.05, 4.69) is 55.5 Å². The largest absolute Gasteiger partial charge is 0.241 e. The van der Waals surface area contributed by atoms with Crippen molar-refractivity contribution in [1.29, 1.82) is 0 Å². The monoisotopic (exact) mass is 335 g/mol. The van der Waals surface area contributed by atoms with E-state index in [0.717, 1.165) is 7.40 Å². The summed E-state index contributed by atoms with van der Waals surface area (Å²) in [5.41, 5.74) is 0. The average Bonchev–Trinajstić information content (AvgIpc) is 1.98. The Kier molecular flexibility index (Phi) is 2.07.